The number of hydrogen-bond acceptors (Lipinski definition) is 3. The summed E-state index contributed by atoms with van der Waals surface area (Å²) in [5.74, 6) is 1.50. The molecule has 0 saturated heterocycles. The number of anilines is 2. The fraction of sp³-hybridized carbons (Fsp3) is 0.333. The minimum atomic E-state index is 0.278. The van der Waals surface area contributed by atoms with Gasteiger partial charge in [0.25, 0.3) is 0 Å². The van der Waals surface area contributed by atoms with E-state index in [1.54, 1.807) is 13.2 Å². The minimum absolute atomic E-state index is 0.278. The maximum atomic E-state index is 6.11. The lowest BCUT2D eigenvalue weighted by Crippen LogP contribution is -2.11. The van der Waals surface area contributed by atoms with E-state index < -0.39 is 0 Å². The van der Waals surface area contributed by atoms with E-state index in [9.17, 15) is 0 Å². The van der Waals surface area contributed by atoms with Gasteiger partial charge in [-0.1, -0.05) is 23.2 Å². The van der Waals surface area contributed by atoms with Crippen molar-refractivity contribution in [2.24, 2.45) is 0 Å². The molecular weight excluding hydrogens is 333 g/mol. The molecule has 2 aromatic rings. The highest BCUT2D eigenvalue weighted by atomic mass is 35.5. The van der Waals surface area contributed by atoms with Gasteiger partial charge in [0.05, 0.1) is 13.2 Å². The Hall–Kier alpha value is -1.58. The van der Waals surface area contributed by atoms with Gasteiger partial charge in [-0.05, 0) is 56.0 Å². The summed E-state index contributed by atoms with van der Waals surface area (Å²) < 4.78 is 11.5. The van der Waals surface area contributed by atoms with Crippen LogP contribution in [0, 0.1) is 0 Å². The third kappa shape index (κ3) is 4.24. The van der Waals surface area contributed by atoms with Crippen LogP contribution in [0.1, 0.15) is 25.7 Å². The highest BCUT2D eigenvalue weighted by Crippen LogP contribution is 2.35. The molecule has 1 N–H and O–H groups in total. The van der Waals surface area contributed by atoms with E-state index in [1.165, 1.54) is 12.8 Å². The van der Waals surface area contributed by atoms with E-state index in [0.717, 1.165) is 35.7 Å². The topological polar surface area (TPSA) is 30.5 Å². The molecule has 1 aliphatic carbocycles. The van der Waals surface area contributed by atoms with E-state index in [4.69, 9.17) is 32.7 Å². The molecule has 0 heterocycles. The summed E-state index contributed by atoms with van der Waals surface area (Å²) in [6.45, 7) is 0. The van der Waals surface area contributed by atoms with Crippen molar-refractivity contribution >= 4 is 34.6 Å². The molecule has 122 valence electrons. The monoisotopic (exact) mass is 351 g/mol. The van der Waals surface area contributed by atoms with Gasteiger partial charge >= 0.3 is 0 Å². The Morgan fingerprint density at radius 1 is 0.913 bits per heavy atom. The van der Waals surface area contributed by atoms with Crippen molar-refractivity contribution in [2.45, 2.75) is 31.8 Å². The highest BCUT2D eigenvalue weighted by Gasteiger charge is 2.18. The second kappa shape index (κ2) is 7.33. The molecule has 5 heteroatoms. The quantitative estimate of drug-likeness (QED) is 0.709. The normalized spacial score (nSPS) is 14.7. The lowest BCUT2D eigenvalue weighted by molar-refractivity contribution is 0.201. The Bertz CT molecular complexity index is 664. The molecule has 1 fully saturated rings. The number of nitrogens with one attached hydrogen (secondary N) is 1. The van der Waals surface area contributed by atoms with Crippen molar-refractivity contribution in [1.82, 2.24) is 0 Å². The molecule has 0 unspecified atom stereocenters. The smallest absolute Gasteiger partial charge is 0.163 e. The number of benzene rings is 2. The van der Waals surface area contributed by atoms with Gasteiger partial charge in [-0.2, -0.15) is 0 Å². The Kier molecular flexibility index (Phi) is 5.19. The van der Waals surface area contributed by atoms with Crippen LogP contribution in [0.5, 0.6) is 11.5 Å². The van der Waals surface area contributed by atoms with E-state index in [1.807, 2.05) is 30.3 Å². The third-order valence-electron chi connectivity index (χ3n) is 3.91. The highest BCUT2D eigenvalue weighted by molar-refractivity contribution is 6.35. The van der Waals surface area contributed by atoms with Crippen molar-refractivity contribution in [3.63, 3.8) is 0 Å². The van der Waals surface area contributed by atoms with Crippen LogP contribution in [0.4, 0.5) is 11.4 Å². The predicted octanol–water partition coefficient (Wildman–Crippen LogP) is 6.07. The molecule has 0 spiro atoms. The van der Waals surface area contributed by atoms with Gasteiger partial charge in [0.2, 0.25) is 0 Å². The Morgan fingerprint density at radius 2 is 1.61 bits per heavy atom. The zero-order valence-electron chi connectivity index (χ0n) is 12.9. The molecule has 0 bridgehead atoms. The van der Waals surface area contributed by atoms with Crippen molar-refractivity contribution in [2.75, 3.05) is 12.4 Å². The molecule has 1 aliphatic rings. The first kappa shape index (κ1) is 16.3. The summed E-state index contributed by atoms with van der Waals surface area (Å²) in [7, 11) is 1.65. The molecule has 0 aromatic heterocycles. The van der Waals surface area contributed by atoms with Crippen LogP contribution in [0.25, 0.3) is 0 Å². The lowest BCUT2D eigenvalue weighted by atomic mass is 10.2. The van der Waals surface area contributed by atoms with Crippen LogP contribution in [0.15, 0.2) is 36.4 Å². The molecule has 1 saturated carbocycles. The first-order valence-electron chi connectivity index (χ1n) is 7.72. The standard InChI is InChI=1S/C18H19Cl2NO2/c1-22-17-7-6-14(11-18(17)23-16-4-2-3-5-16)21-15-9-12(19)8-13(20)10-15/h6-11,16,21H,2-5H2,1H3. The molecule has 0 aliphatic heterocycles. The molecule has 23 heavy (non-hydrogen) atoms. The molecular formula is C18H19Cl2NO2. The summed E-state index contributed by atoms with van der Waals surface area (Å²) in [6.07, 6.45) is 4.94. The maximum Gasteiger partial charge on any atom is 0.163 e. The van der Waals surface area contributed by atoms with Gasteiger partial charge in [0, 0.05) is 27.5 Å². The molecule has 3 nitrogen and oxygen atoms in total. The second-order valence-corrected chi connectivity index (χ2v) is 6.55. The van der Waals surface area contributed by atoms with Crippen molar-refractivity contribution in [3.8, 4) is 11.5 Å². The molecule has 0 amide bonds. The van der Waals surface area contributed by atoms with Gasteiger partial charge in [-0.15, -0.1) is 0 Å². The fourth-order valence-electron chi connectivity index (χ4n) is 2.82. The lowest BCUT2D eigenvalue weighted by Gasteiger charge is -2.17. The van der Waals surface area contributed by atoms with Crippen LogP contribution >= 0.6 is 23.2 Å². The van der Waals surface area contributed by atoms with Crippen LogP contribution in [0.3, 0.4) is 0 Å². The van der Waals surface area contributed by atoms with Gasteiger partial charge in [-0.25, -0.2) is 0 Å². The largest absolute Gasteiger partial charge is 0.493 e. The average molecular weight is 352 g/mol. The predicted molar refractivity (Wildman–Crippen MR) is 95.6 cm³/mol. The summed E-state index contributed by atoms with van der Waals surface area (Å²) in [5.41, 5.74) is 1.73. The zero-order valence-corrected chi connectivity index (χ0v) is 14.5. The SMILES string of the molecule is COc1ccc(Nc2cc(Cl)cc(Cl)c2)cc1OC1CCCC1. The second-order valence-electron chi connectivity index (χ2n) is 5.67. The number of ether oxygens (including phenoxy) is 2. The van der Waals surface area contributed by atoms with Gasteiger partial charge in [0.15, 0.2) is 11.5 Å². The number of methoxy groups -OCH3 is 1. The van der Waals surface area contributed by atoms with Crippen LogP contribution in [-0.4, -0.2) is 13.2 Å². The molecule has 0 radical (unpaired) electrons. The molecule has 3 rings (SSSR count). The number of halogens is 2. The van der Waals surface area contributed by atoms with Crippen LogP contribution in [0.2, 0.25) is 10.0 Å². The van der Waals surface area contributed by atoms with E-state index >= 15 is 0 Å². The summed E-state index contributed by atoms with van der Waals surface area (Å²) in [6, 6.07) is 11.2. The maximum absolute atomic E-state index is 6.11. The Labute approximate surface area is 146 Å². The molecule has 0 atom stereocenters. The zero-order chi connectivity index (χ0) is 16.2. The Balaban J connectivity index is 1.81. The van der Waals surface area contributed by atoms with Crippen molar-refractivity contribution in [3.05, 3.63) is 46.4 Å². The van der Waals surface area contributed by atoms with E-state index in [2.05, 4.69) is 5.32 Å². The first-order chi connectivity index (χ1) is 11.1. The van der Waals surface area contributed by atoms with E-state index in [-0.39, 0.29) is 6.10 Å². The summed E-state index contributed by atoms with van der Waals surface area (Å²) in [4.78, 5) is 0. The third-order valence-corrected chi connectivity index (χ3v) is 4.35. The van der Waals surface area contributed by atoms with Crippen LogP contribution in [-0.2, 0) is 0 Å². The van der Waals surface area contributed by atoms with Gasteiger partial charge in [0.1, 0.15) is 0 Å². The van der Waals surface area contributed by atoms with Crippen molar-refractivity contribution < 1.29 is 9.47 Å². The van der Waals surface area contributed by atoms with Crippen LogP contribution < -0.4 is 14.8 Å². The fourth-order valence-corrected chi connectivity index (χ4v) is 3.35. The molecule has 2 aromatic carbocycles. The Morgan fingerprint density at radius 3 is 2.26 bits per heavy atom. The average Bonchev–Trinajstić information content (AvgIpc) is 2.99. The van der Waals surface area contributed by atoms with Gasteiger partial charge < -0.3 is 14.8 Å². The van der Waals surface area contributed by atoms with E-state index in [0.29, 0.717) is 10.0 Å². The summed E-state index contributed by atoms with van der Waals surface area (Å²) in [5, 5.41) is 4.48. The first-order valence-corrected chi connectivity index (χ1v) is 8.47. The summed E-state index contributed by atoms with van der Waals surface area (Å²) >= 11 is 12.1. The van der Waals surface area contributed by atoms with Crippen molar-refractivity contribution in [1.29, 1.82) is 0 Å². The number of hydrogen-bond donors (Lipinski definition) is 1. The number of rotatable bonds is 5. The minimum Gasteiger partial charge on any atom is -0.493 e. The van der Waals surface area contributed by atoms with Gasteiger partial charge in [-0.3, -0.25) is 0 Å².